The molecule has 0 aromatic carbocycles. The number of aliphatic imine (C=N–C) groups is 1. The predicted molar refractivity (Wildman–Crippen MR) is 108 cm³/mol. The van der Waals surface area contributed by atoms with E-state index < -0.39 is 0 Å². The first-order chi connectivity index (χ1) is 10.5. The molecular formula is C17H31IN4O. The third kappa shape index (κ3) is 7.37. The molecule has 0 aliphatic carbocycles. The molecule has 2 N–H and O–H groups in total. The van der Waals surface area contributed by atoms with Crippen LogP contribution in [0.2, 0.25) is 0 Å². The van der Waals surface area contributed by atoms with Crippen LogP contribution in [0.25, 0.3) is 0 Å². The van der Waals surface area contributed by atoms with Gasteiger partial charge in [0, 0.05) is 30.9 Å². The second-order valence-corrected chi connectivity index (χ2v) is 5.93. The van der Waals surface area contributed by atoms with E-state index in [1.54, 1.807) is 14.2 Å². The first kappa shape index (κ1) is 21.9. The molecule has 5 nitrogen and oxygen atoms in total. The summed E-state index contributed by atoms with van der Waals surface area (Å²) in [4.78, 5) is 8.73. The normalized spacial score (nSPS) is 11.2. The third-order valence-electron chi connectivity index (χ3n) is 3.65. The van der Waals surface area contributed by atoms with Crippen LogP contribution in [-0.4, -0.2) is 31.6 Å². The molecule has 0 saturated carbocycles. The third-order valence-corrected chi connectivity index (χ3v) is 3.65. The Balaban J connectivity index is 0.00000484. The topological polar surface area (TPSA) is 58.5 Å². The lowest BCUT2D eigenvalue weighted by molar-refractivity contribution is 0.406. The van der Waals surface area contributed by atoms with E-state index in [0.717, 1.165) is 47.4 Å². The van der Waals surface area contributed by atoms with Crippen molar-refractivity contribution < 1.29 is 4.74 Å². The Labute approximate surface area is 157 Å². The number of pyridine rings is 1. The Morgan fingerprint density at radius 2 is 2.00 bits per heavy atom. The average Bonchev–Trinajstić information content (AvgIpc) is 2.48. The quantitative estimate of drug-likeness (QED) is 0.299. The second-order valence-electron chi connectivity index (χ2n) is 5.93. The van der Waals surface area contributed by atoms with Crippen molar-refractivity contribution in [1.82, 2.24) is 15.6 Å². The molecule has 0 fully saturated rings. The fourth-order valence-corrected chi connectivity index (χ4v) is 2.35. The summed E-state index contributed by atoms with van der Waals surface area (Å²) in [5, 5.41) is 6.64. The van der Waals surface area contributed by atoms with Crippen LogP contribution in [-0.2, 0) is 6.54 Å². The maximum atomic E-state index is 5.44. The molecule has 0 aliphatic heterocycles. The highest BCUT2D eigenvalue weighted by Crippen LogP contribution is 2.23. The zero-order chi connectivity index (χ0) is 16.5. The molecule has 132 valence electrons. The summed E-state index contributed by atoms with van der Waals surface area (Å²) >= 11 is 0. The Morgan fingerprint density at radius 3 is 2.57 bits per heavy atom. The fraction of sp³-hybridized carbons (Fsp3) is 0.647. The fourth-order valence-electron chi connectivity index (χ4n) is 2.35. The van der Waals surface area contributed by atoms with Gasteiger partial charge in [-0.3, -0.25) is 9.98 Å². The standard InChI is InChI=1S/C17H30N4O.HI/c1-12(2)8-7-9-19-17(18-5)21-11-15-14(4)16(22-6)13(3)10-20-15;/h10,12H,7-9,11H2,1-6H3,(H2,18,19,21);1H. The molecule has 0 amide bonds. The van der Waals surface area contributed by atoms with Gasteiger partial charge in [-0.25, -0.2) is 0 Å². The zero-order valence-corrected chi connectivity index (χ0v) is 17.5. The summed E-state index contributed by atoms with van der Waals surface area (Å²) < 4.78 is 5.44. The second kappa shape index (κ2) is 11.5. The predicted octanol–water partition coefficient (Wildman–Crippen LogP) is 3.43. The molecule has 0 atom stereocenters. The van der Waals surface area contributed by atoms with Gasteiger partial charge in [0.15, 0.2) is 5.96 Å². The van der Waals surface area contributed by atoms with Crippen LogP contribution in [0.4, 0.5) is 0 Å². The molecular weight excluding hydrogens is 403 g/mol. The Hall–Kier alpha value is -1.05. The lowest BCUT2D eigenvalue weighted by atomic mass is 10.1. The summed E-state index contributed by atoms with van der Waals surface area (Å²) in [5.41, 5.74) is 3.11. The van der Waals surface area contributed by atoms with Gasteiger partial charge in [0.1, 0.15) is 5.75 Å². The number of aromatic nitrogens is 1. The van der Waals surface area contributed by atoms with Gasteiger partial charge in [-0.15, -0.1) is 24.0 Å². The number of hydrogen-bond donors (Lipinski definition) is 2. The lowest BCUT2D eigenvalue weighted by Crippen LogP contribution is -2.37. The average molecular weight is 434 g/mol. The molecule has 1 heterocycles. The number of methoxy groups -OCH3 is 1. The minimum atomic E-state index is 0. The van der Waals surface area contributed by atoms with E-state index in [-0.39, 0.29) is 24.0 Å². The number of aryl methyl sites for hydroxylation is 1. The number of hydrogen-bond acceptors (Lipinski definition) is 3. The van der Waals surface area contributed by atoms with Crippen molar-refractivity contribution in [3.8, 4) is 5.75 Å². The molecule has 1 rings (SSSR count). The Bertz CT molecular complexity index is 504. The molecule has 0 unspecified atom stereocenters. The highest BCUT2D eigenvalue weighted by molar-refractivity contribution is 14.0. The Kier molecular flexibility index (Phi) is 11.0. The molecule has 1 aromatic rings. The van der Waals surface area contributed by atoms with Crippen molar-refractivity contribution >= 4 is 29.9 Å². The van der Waals surface area contributed by atoms with Gasteiger partial charge < -0.3 is 15.4 Å². The SMILES string of the molecule is CN=C(NCCCC(C)C)NCc1ncc(C)c(OC)c1C.I. The molecule has 1 aromatic heterocycles. The van der Waals surface area contributed by atoms with Crippen LogP contribution >= 0.6 is 24.0 Å². The molecule has 0 bridgehead atoms. The van der Waals surface area contributed by atoms with Gasteiger partial charge in [-0.2, -0.15) is 0 Å². The molecule has 0 radical (unpaired) electrons. The van der Waals surface area contributed by atoms with Crippen LogP contribution in [0, 0.1) is 19.8 Å². The lowest BCUT2D eigenvalue weighted by Gasteiger charge is -2.15. The minimum absolute atomic E-state index is 0. The summed E-state index contributed by atoms with van der Waals surface area (Å²) in [7, 11) is 3.48. The van der Waals surface area contributed by atoms with Crippen LogP contribution in [0.5, 0.6) is 5.75 Å². The maximum Gasteiger partial charge on any atom is 0.191 e. The smallest absolute Gasteiger partial charge is 0.191 e. The Morgan fingerprint density at radius 1 is 1.30 bits per heavy atom. The highest BCUT2D eigenvalue weighted by Gasteiger charge is 2.09. The largest absolute Gasteiger partial charge is 0.496 e. The number of nitrogens with zero attached hydrogens (tertiary/aromatic N) is 2. The van der Waals surface area contributed by atoms with Crippen LogP contribution in [0.15, 0.2) is 11.2 Å². The highest BCUT2D eigenvalue weighted by atomic mass is 127. The van der Waals surface area contributed by atoms with Gasteiger partial charge in [0.05, 0.1) is 19.3 Å². The van der Waals surface area contributed by atoms with Crippen LogP contribution in [0.3, 0.4) is 0 Å². The molecule has 23 heavy (non-hydrogen) atoms. The van der Waals surface area contributed by atoms with Crippen LogP contribution < -0.4 is 15.4 Å². The summed E-state index contributed by atoms with van der Waals surface area (Å²) in [6.45, 7) is 10.1. The molecule has 0 saturated heterocycles. The van der Waals surface area contributed by atoms with Gasteiger partial charge >= 0.3 is 0 Å². The van der Waals surface area contributed by atoms with Crippen molar-refractivity contribution in [1.29, 1.82) is 0 Å². The zero-order valence-electron chi connectivity index (χ0n) is 15.2. The van der Waals surface area contributed by atoms with Gasteiger partial charge in [0.2, 0.25) is 0 Å². The summed E-state index contributed by atoms with van der Waals surface area (Å²) in [6.07, 6.45) is 4.22. The van der Waals surface area contributed by atoms with E-state index in [4.69, 9.17) is 4.74 Å². The number of rotatable bonds is 7. The first-order valence-electron chi connectivity index (χ1n) is 7.93. The van der Waals surface area contributed by atoms with E-state index in [0.29, 0.717) is 6.54 Å². The van der Waals surface area contributed by atoms with E-state index in [9.17, 15) is 0 Å². The van der Waals surface area contributed by atoms with E-state index in [1.165, 1.54) is 6.42 Å². The van der Waals surface area contributed by atoms with E-state index in [2.05, 4.69) is 34.5 Å². The van der Waals surface area contributed by atoms with Crippen molar-refractivity contribution in [2.45, 2.75) is 47.1 Å². The van der Waals surface area contributed by atoms with Gasteiger partial charge in [-0.05, 0) is 32.6 Å². The van der Waals surface area contributed by atoms with E-state index in [1.807, 2.05) is 20.0 Å². The van der Waals surface area contributed by atoms with Crippen LogP contribution in [0.1, 0.15) is 43.5 Å². The summed E-state index contributed by atoms with van der Waals surface area (Å²) in [5.74, 6) is 2.46. The minimum Gasteiger partial charge on any atom is -0.496 e. The number of guanidine groups is 1. The number of halogens is 1. The van der Waals surface area contributed by atoms with Gasteiger partial charge in [0.25, 0.3) is 0 Å². The summed E-state index contributed by atoms with van der Waals surface area (Å²) in [6, 6.07) is 0. The molecule has 0 spiro atoms. The molecule has 0 aliphatic rings. The van der Waals surface area contributed by atoms with Crippen molar-refractivity contribution in [2.24, 2.45) is 10.9 Å². The number of ether oxygens (including phenoxy) is 1. The van der Waals surface area contributed by atoms with Gasteiger partial charge in [-0.1, -0.05) is 13.8 Å². The van der Waals surface area contributed by atoms with E-state index >= 15 is 0 Å². The monoisotopic (exact) mass is 434 g/mol. The molecule has 6 heteroatoms. The first-order valence-corrected chi connectivity index (χ1v) is 7.93. The van der Waals surface area contributed by atoms with Crippen molar-refractivity contribution in [3.05, 3.63) is 23.0 Å². The van der Waals surface area contributed by atoms with Crippen molar-refractivity contribution in [2.75, 3.05) is 20.7 Å². The number of nitrogens with one attached hydrogen (secondary N) is 2. The van der Waals surface area contributed by atoms with Crippen molar-refractivity contribution in [3.63, 3.8) is 0 Å². The maximum absolute atomic E-state index is 5.44.